The quantitative estimate of drug-likeness (QED) is 0.188. The number of aromatic nitrogens is 3. The van der Waals surface area contributed by atoms with E-state index in [2.05, 4.69) is 15.0 Å². The highest BCUT2D eigenvalue weighted by Crippen LogP contribution is 2.30. The molecule has 2 heterocycles. The first-order chi connectivity index (χ1) is 16.9. The average molecular weight is 514 g/mol. The largest absolute Gasteiger partial charge is 0.508 e. The third kappa shape index (κ3) is 6.11. The Labute approximate surface area is 205 Å². The Morgan fingerprint density at radius 3 is 2.51 bits per heavy atom. The van der Waals surface area contributed by atoms with Gasteiger partial charge in [0, 0.05) is 4.88 Å². The van der Waals surface area contributed by atoms with E-state index in [9.17, 15) is 18.3 Å². The van der Waals surface area contributed by atoms with Gasteiger partial charge in [-0.3, -0.25) is 10.0 Å². The van der Waals surface area contributed by atoms with E-state index in [1.54, 1.807) is 29.7 Å². The van der Waals surface area contributed by atoms with E-state index in [4.69, 9.17) is 5.21 Å². The maximum absolute atomic E-state index is 12.9. The Morgan fingerprint density at radius 1 is 1.06 bits per heavy atom. The van der Waals surface area contributed by atoms with E-state index in [0.717, 1.165) is 16.0 Å². The molecule has 0 aliphatic carbocycles. The summed E-state index contributed by atoms with van der Waals surface area (Å²) in [6.45, 7) is -0.0965. The van der Waals surface area contributed by atoms with Gasteiger partial charge in [0.1, 0.15) is 9.96 Å². The average Bonchev–Trinajstić information content (AvgIpc) is 3.55. The van der Waals surface area contributed by atoms with Crippen molar-refractivity contribution in [2.45, 2.75) is 29.6 Å². The molecule has 0 saturated carbocycles. The van der Waals surface area contributed by atoms with Gasteiger partial charge in [0.15, 0.2) is 0 Å². The van der Waals surface area contributed by atoms with Crippen molar-refractivity contribution in [1.82, 2.24) is 25.2 Å². The number of benzene rings is 2. The zero-order chi connectivity index (χ0) is 24.8. The first kappa shape index (κ1) is 24.5. The molecule has 2 aromatic heterocycles. The molecule has 4 rings (SSSR count). The van der Waals surface area contributed by atoms with Crippen molar-refractivity contribution in [3.63, 3.8) is 0 Å². The van der Waals surface area contributed by atoms with Crippen LogP contribution in [0, 0.1) is 0 Å². The number of thiophene rings is 1. The minimum Gasteiger partial charge on any atom is -0.508 e. The maximum atomic E-state index is 12.9. The molecule has 182 valence electrons. The van der Waals surface area contributed by atoms with Crippen molar-refractivity contribution >= 4 is 27.3 Å². The summed E-state index contributed by atoms with van der Waals surface area (Å²) in [5.74, 6) is -0.513. The molecule has 35 heavy (non-hydrogen) atoms. The number of rotatable bonds is 10. The van der Waals surface area contributed by atoms with Crippen molar-refractivity contribution in [3.05, 3.63) is 84.2 Å². The lowest BCUT2D eigenvalue weighted by molar-refractivity contribution is -0.130. The normalized spacial score (nSPS) is 12.4. The van der Waals surface area contributed by atoms with Crippen LogP contribution < -0.4 is 10.2 Å². The fourth-order valence-electron chi connectivity index (χ4n) is 3.57. The molecule has 0 spiro atoms. The number of amides is 1. The number of phenolic OH excluding ortho intramolecular Hbond substituents is 1. The van der Waals surface area contributed by atoms with Gasteiger partial charge in [-0.05, 0) is 41.8 Å². The first-order valence-corrected chi connectivity index (χ1v) is 12.9. The standard InChI is InChI=1S/C23H23N5O5S2/c29-20-8-6-16(7-9-20)12-18(13-22(30)26-31)28-19(14-24-27-28)15-25-35(32,33)23-11-10-21(34-23)17-4-2-1-3-5-17/h1-11,14,18,25,29,31H,12-13,15H2,(H,26,30)/t18-/m0/s1. The molecule has 1 atom stereocenters. The second-order valence-electron chi connectivity index (χ2n) is 7.74. The van der Waals surface area contributed by atoms with Crippen molar-refractivity contribution in [1.29, 1.82) is 0 Å². The topological polar surface area (TPSA) is 146 Å². The number of aromatic hydroxyl groups is 1. The monoisotopic (exact) mass is 513 g/mol. The highest BCUT2D eigenvalue weighted by molar-refractivity contribution is 7.91. The highest BCUT2D eigenvalue weighted by atomic mass is 32.2. The molecule has 0 unspecified atom stereocenters. The van der Waals surface area contributed by atoms with E-state index in [1.807, 2.05) is 30.3 Å². The third-order valence-electron chi connectivity index (χ3n) is 5.30. The van der Waals surface area contributed by atoms with Gasteiger partial charge < -0.3 is 5.11 Å². The van der Waals surface area contributed by atoms with Crippen LogP contribution in [-0.2, 0) is 27.8 Å². The van der Waals surface area contributed by atoms with Gasteiger partial charge in [0.25, 0.3) is 0 Å². The Kier molecular flexibility index (Phi) is 7.56. The van der Waals surface area contributed by atoms with Crippen LogP contribution >= 0.6 is 11.3 Å². The predicted octanol–water partition coefficient (Wildman–Crippen LogP) is 2.87. The summed E-state index contributed by atoms with van der Waals surface area (Å²) in [5, 5.41) is 26.5. The minimum atomic E-state index is -3.80. The van der Waals surface area contributed by atoms with Crippen LogP contribution in [0.4, 0.5) is 0 Å². The summed E-state index contributed by atoms with van der Waals surface area (Å²) in [5.41, 5.74) is 3.81. The summed E-state index contributed by atoms with van der Waals surface area (Å²) in [4.78, 5) is 12.8. The SMILES string of the molecule is O=C(C[C@H](Cc1ccc(O)cc1)n1nncc1CNS(=O)(=O)c1ccc(-c2ccccc2)s1)NO. The first-order valence-electron chi connectivity index (χ1n) is 10.6. The van der Waals surface area contributed by atoms with Crippen LogP contribution in [0.3, 0.4) is 0 Å². The number of hydroxylamine groups is 1. The van der Waals surface area contributed by atoms with Gasteiger partial charge in [-0.25, -0.2) is 23.3 Å². The Hall–Kier alpha value is -3.58. The lowest BCUT2D eigenvalue weighted by Crippen LogP contribution is -2.28. The van der Waals surface area contributed by atoms with Crippen LogP contribution in [0.1, 0.15) is 23.7 Å². The molecule has 0 aliphatic heterocycles. The van der Waals surface area contributed by atoms with Gasteiger partial charge in [0.05, 0.1) is 30.9 Å². The minimum absolute atomic E-state index is 0.0965. The molecule has 0 bridgehead atoms. The number of carbonyl (C=O) groups is 1. The van der Waals surface area contributed by atoms with Crippen molar-refractivity contribution in [2.75, 3.05) is 0 Å². The lowest BCUT2D eigenvalue weighted by Gasteiger charge is -2.19. The molecule has 0 saturated heterocycles. The van der Waals surface area contributed by atoms with Crippen LogP contribution in [0.2, 0.25) is 0 Å². The molecule has 4 N–H and O–H groups in total. The lowest BCUT2D eigenvalue weighted by atomic mass is 10.0. The Morgan fingerprint density at radius 2 is 1.80 bits per heavy atom. The fourth-order valence-corrected chi connectivity index (χ4v) is 5.93. The third-order valence-corrected chi connectivity index (χ3v) is 8.32. The molecular weight excluding hydrogens is 490 g/mol. The number of sulfonamides is 1. The molecule has 0 fully saturated rings. The molecule has 2 aromatic carbocycles. The van der Waals surface area contributed by atoms with Gasteiger partial charge >= 0.3 is 0 Å². The molecule has 0 aliphatic rings. The van der Waals surface area contributed by atoms with Gasteiger partial charge in [0.2, 0.25) is 15.9 Å². The summed E-state index contributed by atoms with van der Waals surface area (Å²) < 4.78 is 30.1. The van der Waals surface area contributed by atoms with Crippen LogP contribution in [0.15, 0.2) is 77.1 Å². The van der Waals surface area contributed by atoms with E-state index in [-0.39, 0.29) is 22.9 Å². The smallest absolute Gasteiger partial charge is 0.250 e. The number of nitrogens with zero attached hydrogens (tertiary/aromatic N) is 3. The number of phenols is 1. The van der Waals surface area contributed by atoms with Gasteiger partial charge in [-0.2, -0.15) is 0 Å². The summed E-state index contributed by atoms with van der Waals surface area (Å²) in [6.07, 6.45) is 1.64. The van der Waals surface area contributed by atoms with Crippen molar-refractivity contribution < 1.29 is 23.5 Å². The van der Waals surface area contributed by atoms with Gasteiger partial charge in [-0.1, -0.05) is 47.7 Å². The predicted molar refractivity (Wildman–Crippen MR) is 129 cm³/mol. The van der Waals surface area contributed by atoms with Crippen molar-refractivity contribution in [3.8, 4) is 16.2 Å². The molecule has 0 radical (unpaired) electrons. The van der Waals surface area contributed by atoms with Gasteiger partial charge in [-0.15, -0.1) is 16.4 Å². The van der Waals surface area contributed by atoms with Crippen LogP contribution in [0.5, 0.6) is 5.75 Å². The second-order valence-corrected chi connectivity index (χ2v) is 10.8. The molecule has 12 heteroatoms. The summed E-state index contributed by atoms with van der Waals surface area (Å²) >= 11 is 1.17. The van der Waals surface area contributed by atoms with E-state index < -0.39 is 22.0 Å². The molecular formula is C23H23N5O5S2. The zero-order valence-corrected chi connectivity index (χ0v) is 20.0. The van der Waals surface area contributed by atoms with E-state index in [1.165, 1.54) is 34.3 Å². The zero-order valence-electron chi connectivity index (χ0n) is 18.4. The van der Waals surface area contributed by atoms with Crippen molar-refractivity contribution in [2.24, 2.45) is 0 Å². The van der Waals surface area contributed by atoms with Crippen LogP contribution in [-0.4, -0.2) is 39.6 Å². The fraction of sp³-hybridized carbons (Fsp3) is 0.174. The summed E-state index contributed by atoms with van der Waals surface area (Å²) in [7, 11) is -3.80. The number of hydrogen-bond acceptors (Lipinski definition) is 8. The molecule has 4 aromatic rings. The van der Waals surface area contributed by atoms with Crippen LogP contribution in [0.25, 0.3) is 10.4 Å². The number of carbonyl (C=O) groups excluding carboxylic acids is 1. The number of nitrogens with one attached hydrogen (secondary N) is 2. The Balaban J connectivity index is 1.51. The van der Waals surface area contributed by atoms with E-state index >= 15 is 0 Å². The van der Waals surface area contributed by atoms with E-state index in [0.29, 0.717) is 12.1 Å². The Bertz CT molecular complexity index is 1390. The molecule has 1 amide bonds. The molecule has 10 nitrogen and oxygen atoms in total. The number of hydrogen-bond donors (Lipinski definition) is 4. The maximum Gasteiger partial charge on any atom is 0.250 e. The summed E-state index contributed by atoms with van der Waals surface area (Å²) in [6, 6.07) is 18.7. The highest BCUT2D eigenvalue weighted by Gasteiger charge is 2.23. The second kappa shape index (κ2) is 10.8.